The molecule has 0 atom stereocenters. The molecule has 0 unspecified atom stereocenters. The predicted octanol–water partition coefficient (Wildman–Crippen LogP) is 4.41. The maximum atomic E-state index is 12.8. The van der Waals surface area contributed by atoms with Crippen molar-refractivity contribution in [3.05, 3.63) is 95.6 Å². The van der Waals surface area contributed by atoms with E-state index >= 15 is 0 Å². The molecule has 0 aromatic heterocycles. The molecule has 2 aliphatic heterocycles. The quantitative estimate of drug-likeness (QED) is 0.658. The summed E-state index contributed by atoms with van der Waals surface area (Å²) in [5, 5.41) is 9.03. The summed E-state index contributed by atoms with van der Waals surface area (Å²) in [6.07, 6.45) is 0.939. The summed E-state index contributed by atoms with van der Waals surface area (Å²) in [5.74, 6) is 1.14. The third kappa shape index (κ3) is 3.99. The van der Waals surface area contributed by atoms with Gasteiger partial charge in [-0.25, -0.2) is 5.01 Å². The zero-order valence-corrected chi connectivity index (χ0v) is 17.5. The number of fused-ring (bicyclic) bond motifs is 2. The molecule has 2 aliphatic rings. The fourth-order valence-electron chi connectivity index (χ4n) is 4.12. The molecular weight excluding hydrogens is 402 g/mol. The van der Waals surface area contributed by atoms with Crippen molar-refractivity contribution in [1.29, 1.82) is 0 Å². The predicted molar refractivity (Wildman–Crippen MR) is 121 cm³/mol. The molecule has 160 valence electrons. The fourth-order valence-corrected chi connectivity index (χ4v) is 4.12. The Morgan fingerprint density at radius 3 is 2.19 bits per heavy atom. The number of hydrogen-bond acceptors (Lipinski definition) is 4. The van der Waals surface area contributed by atoms with E-state index in [4.69, 9.17) is 4.74 Å². The van der Waals surface area contributed by atoms with E-state index in [0.29, 0.717) is 6.54 Å². The maximum absolute atomic E-state index is 12.8. The molecular formula is C26H23N3O3. The van der Waals surface area contributed by atoms with E-state index in [1.54, 1.807) is 0 Å². The monoisotopic (exact) mass is 425 g/mol. The average Bonchev–Trinajstić information content (AvgIpc) is 3.33. The molecule has 0 spiro atoms. The summed E-state index contributed by atoms with van der Waals surface area (Å²) < 4.78 is 5.97. The van der Waals surface area contributed by atoms with Crippen molar-refractivity contribution in [1.82, 2.24) is 10.3 Å². The third-order valence-electron chi connectivity index (χ3n) is 5.75. The number of carbonyl (C=O) groups excluding carboxylic acids is 2. The number of benzene rings is 3. The normalized spacial score (nSPS) is 14.8. The second-order valence-corrected chi connectivity index (χ2v) is 7.86. The highest BCUT2D eigenvalue weighted by Gasteiger charge is 2.28. The van der Waals surface area contributed by atoms with Crippen LogP contribution in [0.15, 0.2) is 84.0 Å². The van der Waals surface area contributed by atoms with Crippen LogP contribution in [-0.4, -0.2) is 29.1 Å². The summed E-state index contributed by atoms with van der Waals surface area (Å²) >= 11 is 0. The lowest BCUT2D eigenvalue weighted by molar-refractivity contribution is -0.133. The van der Waals surface area contributed by atoms with Gasteiger partial charge in [0.1, 0.15) is 11.5 Å². The molecule has 0 saturated heterocycles. The van der Waals surface area contributed by atoms with Gasteiger partial charge < -0.3 is 10.1 Å². The van der Waals surface area contributed by atoms with Crippen molar-refractivity contribution in [2.24, 2.45) is 5.10 Å². The average molecular weight is 425 g/mol. The Kier molecular flexibility index (Phi) is 5.42. The summed E-state index contributed by atoms with van der Waals surface area (Å²) in [4.78, 5) is 25.4. The smallest absolute Gasteiger partial charge is 0.243 e. The van der Waals surface area contributed by atoms with E-state index in [2.05, 4.69) is 10.4 Å². The van der Waals surface area contributed by atoms with Gasteiger partial charge in [-0.2, -0.15) is 5.10 Å². The minimum atomic E-state index is -0.312. The number of nitrogens with zero attached hydrogens (tertiary/aromatic N) is 2. The van der Waals surface area contributed by atoms with E-state index in [1.165, 1.54) is 5.01 Å². The van der Waals surface area contributed by atoms with Crippen molar-refractivity contribution in [2.45, 2.75) is 25.3 Å². The number of hydrazone groups is 1. The zero-order valence-electron chi connectivity index (χ0n) is 17.5. The molecule has 0 saturated carbocycles. The second-order valence-electron chi connectivity index (χ2n) is 7.86. The number of carbonyl (C=O) groups is 2. The highest BCUT2D eigenvalue weighted by atomic mass is 16.5. The molecule has 6 nitrogen and oxygen atoms in total. The van der Waals surface area contributed by atoms with Gasteiger partial charge in [-0.15, -0.1) is 0 Å². The Morgan fingerprint density at radius 2 is 1.50 bits per heavy atom. The Morgan fingerprint density at radius 1 is 0.875 bits per heavy atom. The van der Waals surface area contributed by atoms with Crippen LogP contribution < -0.4 is 10.1 Å². The number of rotatable bonds is 5. The largest absolute Gasteiger partial charge is 0.457 e. The summed E-state index contributed by atoms with van der Waals surface area (Å²) in [6, 6.07) is 24.9. The van der Waals surface area contributed by atoms with Crippen LogP contribution in [0, 0.1) is 0 Å². The summed E-state index contributed by atoms with van der Waals surface area (Å²) in [5.41, 5.74) is 3.74. The summed E-state index contributed by atoms with van der Waals surface area (Å²) in [6.45, 7) is 0.547. The minimum Gasteiger partial charge on any atom is -0.457 e. The first-order valence-electron chi connectivity index (χ1n) is 10.8. The number of hydrogen-bond donors (Lipinski definition) is 1. The lowest BCUT2D eigenvalue weighted by Gasteiger charge is -2.28. The van der Waals surface area contributed by atoms with Gasteiger partial charge in [0.2, 0.25) is 11.8 Å². The Labute approximate surface area is 186 Å². The number of para-hydroxylation sites is 2. The maximum Gasteiger partial charge on any atom is 0.243 e. The van der Waals surface area contributed by atoms with Crippen LogP contribution in [0.5, 0.6) is 11.5 Å². The van der Waals surface area contributed by atoms with Crippen LogP contribution in [0.4, 0.5) is 0 Å². The van der Waals surface area contributed by atoms with Gasteiger partial charge >= 0.3 is 0 Å². The highest BCUT2D eigenvalue weighted by Crippen LogP contribution is 2.42. The van der Waals surface area contributed by atoms with Crippen LogP contribution in [0.1, 0.15) is 42.0 Å². The highest BCUT2D eigenvalue weighted by molar-refractivity contribution is 6.02. The molecule has 0 bridgehead atoms. The molecule has 5 rings (SSSR count). The van der Waals surface area contributed by atoms with Gasteiger partial charge in [0, 0.05) is 30.4 Å². The van der Waals surface area contributed by atoms with Crippen molar-refractivity contribution >= 4 is 17.5 Å². The molecule has 3 aromatic carbocycles. The van der Waals surface area contributed by atoms with Crippen LogP contribution in [-0.2, 0) is 9.59 Å². The standard InChI is InChI=1S/C26H23N3O3/c30-24(14-15-25(31)29-17-16-21(28-29)18-8-2-1-3-9-18)27-26-19-10-4-6-12-22(19)32-23-13-7-5-11-20(23)26/h1-13,26H,14-17H2,(H,27,30). The number of nitrogens with one attached hydrogen (secondary N) is 1. The topological polar surface area (TPSA) is 71.0 Å². The van der Waals surface area contributed by atoms with Crippen molar-refractivity contribution in [2.75, 3.05) is 6.54 Å². The van der Waals surface area contributed by atoms with Crippen molar-refractivity contribution in [3.8, 4) is 11.5 Å². The number of amides is 2. The molecule has 2 heterocycles. The molecule has 0 aliphatic carbocycles. The first kappa shape index (κ1) is 20.0. The van der Waals surface area contributed by atoms with Gasteiger partial charge in [0.15, 0.2) is 0 Å². The van der Waals surface area contributed by atoms with Crippen LogP contribution in [0.2, 0.25) is 0 Å². The lowest BCUT2D eigenvalue weighted by Crippen LogP contribution is -2.32. The van der Waals surface area contributed by atoms with Gasteiger partial charge in [0.25, 0.3) is 0 Å². The van der Waals surface area contributed by atoms with Crippen molar-refractivity contribution in [3.63, 3.8) is 0 Å². The first-order valence-corrected chi connectivity index (χ1v) is 10.8. The molecule has 0 radical (unpaired) electrons. The Balaban J connectivity index is 1.24. The van der Waals surface area contributed by atoms with Crippen LogP contribution >= 0.6 is 0 Å². The fraction of sp³-hybridized carbons (Fsp3) is 0.192. The zero-order chi connectivity index (χ0) is 21.9. The molecule has 0 fully saturated rings. The Bertz CT molecular complexity index is 1140. The van der Waals surface area contributed by atoms with E-state index in [9.17, 15) is 9.59 Å². The summed E-state index contributed by atoms with van der Waals surface area (Å²) in [7, 11) is 0. The van der Waals surface area contributed by atoms with Gasteiger partial charge in [0.05, 0.1) is 18.3 Å². The molecule has 6 heteroatoms. The lowest BCUT2D eigenvalue weighted by atomic mass is 9.94. The Hall–Kier alpha value is -3.93. The van der Waals surface area contributed by atoms with Crippen LogP contribution in [0.25, 0.3) is 0 Å². The molecule has 1 N–H and O–H groups in total. The van der Waals surface area contributed by atoms with E-state index in [0.717, 1.165) is 40.3 Å². The van der Waals surface area contributed by atoms with Crippen molar-refractivity contribution < 1.29 is 14.3 Å². The van der Waals surface area contributed by atoms with E-state index < -0.39 is 0 Å². The van der Waals surface area contributed by atoms with E-state index in [-0.39, 0.29) is 30.7 Å². The van der Waals surface area contributed by atoms with Gasteiger partial charge in [-0.1, -0.05) is 66.7 Å². The van der Waals surface area contributed by atoms with Gasteiger partial charge in [-0.05, 0) is 17.7 Å². The SMILES string of the molecule is O=C(CCC(=O)N1CCC(c2ccccc2)=N1)NC1c2ccccc2Oc2ccccc21. The second kappa shape index (κ2) is 8.67. The number of ether oxygens (including phenoxy) is 1. The molecule has 2 amide bonds. The molecule has 32 heavy (non-hydrogen) atoms. The first-order chi connectivity index (χ1) is 15.7. The van der Waals surface area contributed by atoms with E-state index in [1.807, 2.05) is 78.9 Å². The minimum absolute atomic E-state index is 0.104. The van der Waals surface area contributed by atoms with Crippen LogP contribution in [0.3, 0.4) is 0 Å². The van der Waals surface area contributed by atoms with Gasteiger partial charge in [-0.3, -0.25) is 9.59 Å². The third-order valence-corrected chi connectivity index (χ3v) is 5.75. The molecule has 3 aromatic rings.